The molecule has 1 unspecified atom stereocenters. The van der Waals surface area contributed by atoms with Crippen LogP contribution in [0.25, 0.3) is 0 Å². The van der Waals surface area contributed by atoms with Crippen LogP contribution < -0.4 is 0 Å². The van der Waals surface area contributed by atoms with Gasteiger partial charge in [0.25, 0.3) is 0 Å². The third-order valence-electron chi connectivity index (χ3n) is 3.31. The van der Waals surface area contributed by atoms with E-state index in [9.17, 15) is 5.11 Å². The van der Waals surface area contributed by atoms with Crippen LogP contribution in [0, 0.1) is 0 Å². The van der Waals surface area contributed by atoms with Crippen molar-refractivity contribution in [3.05, 3.63) is 84.4 Å². The lowest BCUT2D eigenvalue weighted by molar-refractivity contribution is 0.0898. The van der Waals surface area contributed by atoms with E-state index in [0.29, 0.717) is 0 Å². The second-order valence-corrected chi connectivity index (χ2v) is 5.37. The Morgan fingerprint density at radius 3 is 1.74 bits per heavy atom. The highest BCUT2D eigenvalue weighted by Gasteiger charge is 2.38. The Morgan fingerprint density at radius 2 is 1.42 bits per heavy atom. The number of thioether (sulfide) groups is 1. The molecule has 0 aliphatic heterocycles. The van der Waals surface area contributed by atoms with Crippen LogP contribution in [0.4, 0.5) is 0 Å². The summed E-state index contributed by atoms with van der Waals surface area (Å²) in [5.74, 6) is 0. The van der Waals surface area contributed by atoms with Crippen molar-refractivity contribution in [2.24, 2.45) is 0 Å². The molecular formula is C17H18OS. The molecule has 0 aliphatic rings. The minimum absolute atomic E-state index is 0.0997. The predicted octanol–water partition coefficient (Wildman–Crippen LogP) is 3.84. The predicted molar refractivity (Wildman–Crippen MR) is 83.4 cm³/mol. The van der Waals surface area contributed by atoms with Gasteiger partial charge in [0.05, 0.1) is 5.25 Å². The minimum Gasteiger partial charge on any atom is -0.379 e. The highest BCUT2D eigenvalue weighted by molar-refractivity contribution is 7.99. The summed E-state index contributed by atoms with van der Waals surface area (Å²) < 4.78 is 0. The molecule has 98 valence electrons. The van der Waals surface area contributed by atoms with Gasteiger partial charge in [-0.3, -0.25) is 0 Å². The molecule has 0 aliphatic carbocycles. The van der Waals surface area contributed by atoms with Gasteiger partial charge in [-0.05, 0) is 17.4 Å². The topological polar surface area (TPSA) is 20.2 Å². The normalized spacial score (nSPS) is 12.9. The molecule has 0 aromatic heterocycles. The van der Waals surface area contributed by atoms with Gasteiger partial charge < -0.3 is 5.11 Å². The Bertz CT molecular complexity index is 482. The molecule has 19 heavy (non-hydrogen) atoms. The Hall–Kier alpha value is -1.51. The number of benzene rings is 2. The van der Waals surface area contributed by atoms with E-state index in [2.05, 4.69) is 6.58 Å². The van der Waals surface area contributed by atoms with Crippen LogP contribution in [-0.4, -0.2) is 16.6 Å². The molecule has 2 heteroatoms. The van der Waals surface area contributed by atoms with E-state index in [4.69, 9.17) is 0 Å². The Kier molecular flexibility index (Phi) is 4.46. The first kappa shape index (κ1) is 13.9. The molecule has 1 atom stereocenters. The summed E-state index contributed by atoms with van der Waals surface area (Å²) in [4.78, 5) is 0. The standard InChI is InChI=1S/C17H18OS/c1-3-16(19-2)17(18,14-10-6-4-7-11-14)15-12-8-5-9-13-15/h3-13,16,18H,1H2,2H3. The summed E-state index contributed by atoms with van der Waals surface area (Å²) in [5, 5.41) is 11.2. The molecule has 0 saturated heterocycles. The van der Waals surface area contributed by atoms with E-state index in [0.717, 1.165) is 11.1 Å². The van der Waals surface area contributed by atoms with Crippen molar-refractivity contribution < 1.29 is 5.11 Å². The van der Waals surface area contributed by atoms with E-state index < -0.39 is 5.60 Å². The van der Waals surface area contributed by atoms with Gasteiger partial charge in [-0.1, -0.05) is 66.7 Å². The Balaban J connectivity index is 2.60. The van der Waals surface area contributed by atoms with Crippen LogP contribution in [0.15, 0.2) is 73.3 Å². The Morgan fingerprint density at radius 1 is 1.00 bits per heavy atom. The van der Waals surface area contributed by atoms with E-state index >= 15 is 0 Å². The molecule has 2 rings (SSSR count). The van der Waals surface area contributed by atoms with Crippen molar-refractivity contribution in [2.45, 2.75) is 10.9 Å². The van der Waals surface area contributed by atoms with Crippen molar-refractivity contribution in [1.82, 2.24) is 0 Å². The molecule has 0 amide bonds. The summed E-state index contributed by atoms with van der Waals surface area (Å²) >= 11 is 1.60. The average Bonchev–Trinajstić information content (AvgIpc) is 2.50. The number of hydrogen-bond acceptors (Lipinski definition) is 2. The van der Waals surface area contributed by atoms with Gasteiger partial charge in [0.15, 0.2) is 0 Å². The molecule has 0 heterocycles. The van der Waals surface area contributed by atoms with Crippen LogP contribution in [0.2, 0.25) is 0 Å². The van der Waals surface area contributed by atoms with Crippen molar-refractivity contribution >= 4 is 11.8 Å². The number of aliphatic hydroxyl groups is 1. The highest BCUT2D eigenvalue weighted by atomic mass is 32.2. The quantitative estimate of drug-likeness (QED) is 0.833. The lowest BCUT2D eigenvalue weighted by atomic mass is 9.83. The van der Waals surface area contributed by atoms with Gasteiger partial charge in [0.2, 0.25) is 0 Å². The monoisotopic (exact) mass is 270 g/mol. The van der Waals surface area contributed by atoms with Crippen molar-refractivity contribution in [3.63, 3.8) is 0 Å². The van der Waals surface area contributed by atoms with Crippen LogP contribution >= 0.6 is 11.8 Å². The average molecular weight is 270 g/mol. The fourth-order valence-corrected chi connectivity index (χ4v) is 3.12. The maximum atomic E-state index is 11.3. The largest absolute Gasteiger partial charge is 0.379 e. The third kappa shape index (κ3) is 2.60. The van der Waals surface area contributed by atoms with Crippen LogP contribution in [-0.2, 0) is 5.60 Å². The van der Waals surface area contributed by atoms with Crippen molar-refractivity contribution in [3.8, 4) is 0 Å². The smallest absolute Gasteiger partial charge is 0.130 e. The summed E-state index contributed by atoms with van der Waals surface area (Å²) in [6, 6.07) is 19.5. The molecule has 0 saturated carbocycles. The van der Waals surface area contributed by atoms with Gasteiger partial charge in [0, 0.05) is 0 Å². The molecular weight excluding hydrogens is 252 g/mol. The first-order valence-corrected chi connectivity index (χ1v) is 7.51. The molecule has 0 radical (unpaired) electrons. The summed E-state index contributed by atoms with van der Waals surface area (Å²) in [5.41, 5.74) is 0.727. The Labute approximate surface area is 119 Å². The van der Waals surface area contributed by atoms with Gasteiger partial charge in [0.1, 0.15) is 5.60 Å². The maximum absolute atomic E-state index is 11.3. The fraction of sp³-hybridized carbons (Fsp3) is 0.176. The fourth-order valence-electron chi connectivity index (χ4n) is 2.32. The first-order valence-electron chi connectivity index (χ1n) is 6.22. The minimum atomic E-state index is -1.05. The van der Waals surface area contributed by atoms with Gasteiger partial charge in [-0.2, -0.15) is 11.8 Å². The van der Waals surface area contributed by atoms with E-state index in [1.807, 2.05) is 73.0 Å². The molecule has 2 aromatic carbocycles. The zero-order chi connectivity index (χ0) is 13.7. The number of rotatable bonds is 5. The lowest BCUT2D eigenvalue weighted by Gasteiger charge is -2.34. The van der Waals surface area contributed by atoms with Crippen LogP contribution in [0.5, 0.6) is 0 Å². The molecule has 0 fully saturated rings. The number of hydrogen-bond donors (Lipinski definition) is 1. The zero-order valence-corrected chi connectivity index (χ0v) is 11.8. The maximum Gasteiger partial charge on any atom is 0.130 e. The van der Waals surface area contributed by atoms with Crippen LogP contribution in [0.1, 0.15) is 11.1 Å². The second-order valence-electron chi connectivity index (χ2n) is 4.39. The van der Waals surface area contributed by atoms with E-state index in [1.165, 1.54) is 0 Å². The van der Waals surface area contributed by atoms with Gasteiger partial charge in [-0.25, -0.2) is 0 Å². The van der Waals surface area contributed by atoms with E-state index in [-0.39, 0.29) is 5.25 Å². The first-order chi connectivity index (χ1) is 9.23. The summed E-state index contributed by atoms with van der Waals surface area (Å²) in [7, 11) is 0. The van der Waals surface area contributed by atoms with Crippen molar-refractivity contribution in [2.75, 3.05) is 6.26 Å². The molecule has 0 bridgehead atoms. The SMILES string of the molecule is C=CC(SC)C(O)(c1ccccc1)c1ccccc1. The molecule has 1 N–H and O–H groups in total. The highest BCUT2D eigenvalue weighted by Crippen LogP contribution is 2.38. The third-order valence-corrected chi connectivity index (χ3v) is 4.35. The summed E-state index contributed by atoms with van der Waals surface area (Å²) in [6.45, 7) is 3.87. The zero-order valence-electron chi connectivity index (χ0n) is 11.0. The molecule has 0 spiro atoms. The van der Waals surface area contributed by atoms with Crippen molar-refractivity contribution in [1.29, 1.82) is 0 Å². The lowest BCUT2D eigenvalue weighted by Crippen LogP contribution is -2.37. The van der Waals surface area contributed by atoms with Gasteiger partial charge >= 0.3 is 0 Å². The van der Waals surface area contributed by atoms with Gasteiger partial charge in [-0.15, -0.1) is 6.58 Å². The summed E-state index contributed by atoms with van der Waals surface area (Å²) in [6.07, 6.45) is 3.80. The second kappa shape index (κ2) is 6.09. The van der Waals surface area contributed by atoms with E-state index in [1.54, 1.807) is 11.8 Å². The van der Waals surface area contributed by atoms with Crippen LogP contribution in [0.3, 0.4) is 0 Å². The molecule has 1 nitrogen and oxygen atoms in total. The molecule has 2 aromatic rings.